The van der Waals surface area contributed by atoms with Crippen LogP contribution in [0.25, 0.3) is 0 Å². The average Bonchev–Trinajstić information content (AvgIpc) is 2.30. The molecule has 1 aliphatic rings. The van der Waals surface area contributed by atoms with Gasteiger partial charge >= 0.3 is 0 Å². The van der Waals surface area contributed by atoms with Crippen LogP contribution in [0.1, 0.15) is 53.4 Å². The minimum Gasteiger partial charge on any atom is -0.0958 e. The average molecular weight is 242 g/mol. The molecule has 0 atom stereocenters. The number of rotatable bonds is 4. The predicted molar refractivity (Wildman–Crippen MR) is 82.6 cm³/mol. The summed E-state index contributed by atoms with van der Waals surface area (Å²) < 4.78 is 0. The van der Waals surface area contributed by atoms with Crippen molar-refractivity contribution in [2.45, 2.75) is 53.4 Å². The summed E-state index contributed by atoms with van der Waals surface area (Å²) >= 11 is 0. The summed E-state index contributed by atoms with van der Waals surface area (Å²) in [5.74, 6) is 0. The highest BCUT2D eigenvalue weighted by Crippen LogP contribution is 2.27. The molecule has 0 unspecified atom stereocenters. The molecule has 0 spiro atoms. The first-order chi connectivity index (χ1) is 8.41. The number of hydrogen-bond acceptors (Lipinski definition) is 0. The Bertz CT molecular complexity index is 439. The molecule has 0 aromatic rings. The minimum absolute atomic E-state index is 1.12. The Labute approximate surface area is 112 Å². The maximum Gasteiger partial charge on any atom is -0.0228 e. The van der Waals surface area contributed by atoms with Gasteiger partial charge in [-0.3, -0.25) is 0 Å². The molecule has 0 aromatic carbocycles. The third-order valence-corrected chi connectivity index (χ3v) is 3.66. The van der Waals surface area contributed by atoms with E-state index in [4.69, 9.17) is 0 Å². The van der Waals surface area contributed by atoms with Crippen LogP contribution in [0.2, 0.25) is 0 Å². The Kier molecular flexibility index (Phi) is 5.40. The lowest BCUT2D eigenvalue weighted by molar-refractivity contribution is 0.682. The molecule has 0 nitrogen and oxygen atoms in total. The highest BCUT2D eigenvalue weighted by atomic mass is 14.1. The van der Waals surface area contributed by atoms with Crippen molar-refractivity contribution in [3.05, 3.63) is 58.7 Å². The van der Waals surface area contributed by atoms with Crippen LogP contribution in [0.5, 0.6) is 0 Å². The summed E-state index contributed by atoms with van der Waals surface area (Å²) in [6.45, 7) is 16.6. The molecule has 0 bridgehead atoms. The summed E-state index contributed by atoms with van der Waals surface area (Å²) in [5, 5.41) is 0. The second-order valence-corrected chi connectivity index (χ2v) is 5.50. The lowest BCUT2D eigenvalue weighted by Gasteiger charge is -2.16. The van der Waals surface area contributed by atoms with Gasteiger partial charge in [-0.1, -0.05) is 42.0 Å². The van der Waals surface area contributed by atoms with E-state index in [0.717, 1.165) is 11.1 Å². The van der Waals surface area contributed by atoms with E-state index in [1.54, 1.807) is 5.57 Å². The van der Waals surface area contributed by atoms with Gasteiger partial charge in [0.15, 0.2) is 0 Å². The Balaban J connectivity index is 3.09. The predicted octanol–water partition coefficient (Wildman–Crippen LogP) is 5.90. The van der Waals surface area contributed by atoms with Gasteiger partial charge in [0, 0.05) is 0 Å². The fourth-order valence-electron chi connectivity index (χ4n) is 2.11. The molecule has 0 saturated carbocycles. The van der Waals surface area contributed by atoms with Crippen LogP contribution in [0.3, 0.4) is 0 Å². The maximum absolute atomic E-state index is 4.09. The molecule has 0 heteroatoms. The van der Waals surface area contributed by atoms with Crippen LogP contribution in [-0.2, 0) is 0 Å². The molecule has 0 radical (unpaired) electrons. The molecule has 0 amide bonds. The van der Waals surface area contributed by atoms with Crippen LogP contribution in [0, 0.1) is 0 Å². The van der Waals surface area contributed by atoms with Gasteiger partial charge in [-0.25, -0.2) is 0 Å². The zero-order chi connectivity index (χ0) is 13.7. The minimum atomic E-state index is 1.12. The van der Waals surface area contributed by atoms with E-state index in [1.165, 1.54) is 42.4 Å². The normalized spacial score (nSPS) is 18.0. The van der Waals surface area contributed by atoms with Gasteiger partial charge in [0.25, 0.3) is 0 Å². The Morgan fingerprint density at radius 1 is 1.00 bits per heavy atom. The smallest absolute Gasteiger partial charge is 0.0228 e. The Morgan fingerprint density at radius 2 is 1.61 bits per heavy atom. The van der Waals surface area contributed by atoms with E-state index in [1.807, 2.05) is 6.92 Å². The summed E-state index contributed by atoms with van der Waals surface area (Å²) in [4.78, 5) is 0. The fraction of sp³-hybridized carbons (Fsp3) is 0.444. The molecule has 0 heterocycles. The zero-order valence-electron chi connectivity index (χ0n) is 12.4. The van der Waals surface area contributed by atoms with Crippen LogP contribution in [-0.4, -0.2) is 0 Å². The summed E-state index contributed by atoms with van der Waals surface area (Å²) in [6, 6.07) is 0. The largest absolute Gasteiger partial charge is 0.0958 e. The number of hydrogen-bond donors (Lipinski definition) is 0. The van der Waals surface area contributed by atoms with Crippen molar-refractivity contribution in [3.63, 3.8) is 0 Å². The molecule has 18 heavy (non-hydrogen) atoms. The quantitative estimate of drug-likeness (QED) is 0.538. The van der Waals surface area contributed by atoms with E-state index >= 15 is 0 Å². The van der Waals surface area contributed by atoms with Crippen molar-refractivity contribution in [2.24, 2.45) is 0 Å². The third kappa shape index (κ3) is 4.18. The first-order valence-electron chi connectivity index (χ1n) is 6.82. The topological polar surface area (TPSA) is 0 Å². The van der Waals surface area contributed by atoms with Crippen LogP contribution < -0.4 is 0 Å². The van der Waals surface area contributed by atoms with Crippen LogP contribution in [0.15, 0.2) is 58.7 Å². The molecular weight excluding hydrogens is 216 g/mol. The van der Waals surface area contributed by atoms with Crippen molar-refractivity contribution in [2.75, 3.05) is 0 Å². The van der Waals surface area contributed by atoms with Gasteiger partial charge in [0.1, 0.15) is 0 Å². The summed E-state index contributed by atoms with van der Waals surface area (Å²) in [6.07, 6.45) is 9.64. The van der Waals surface area contributed by atoms with E-state index in [-0.39, 0.29) is 0 Å². The van der Waals surface area contributed by atoms with Crippen LogP contribution in [0.4, 0.5) is 0 Å². The van der Waals surface area contributed by atoms with Crippen molar-refractivity contribution in [1.29, 1.82) is 0 Å². The van der Waals surface area contributed by atoms with E-state index < -0.39 is 0 Å². The van der Waals surface area contributed by atoms with Crippen molar-refractivity contribution < 1.29 is 0 Å². The lowest BCUT2D eigenvalue weighted by Crippen LogP contribution is -1.96. The molecular formula is C18H26. The highest BCUT2D eigenvalue weighted by Gasteiger charge is 2.08. The van der Waals surface area contributed by atoms with Crippen molar-refractivity contribution in [3.8, 4) is 0 Å². The third-order valence-electron chi connectivity index (χ3n) is 3.66. The van der Waals surface area contributed by atoms with E-state index in [9.17, 15) is 0 Å². The zero-order valence-corrected chi connectivity index (χ0v) is 12.4. The first-order valence-corrected chi connectivity index (χ1v) is 6.82. The summed E-state index contributed by atoms with van der Waals surface area (Å²) in [5.41, 5.74) is 7.77. The standard InChI is InChI=1S/C18H26/c1-13(2)16(6)11-18(14(3)4)12-17-10-8-7-9-15(17)5/h11-12H,1,3,7-10H2,2,4-6H3/b16-11+,18-12-. The van der Waals surface area contributed by atoms with Crippen molar-refractivity contribution >= 4 is 0 Å². The number of allylic oxidation sites excluding steroid dienone is 8. The van der Waals surface area contributed by atoms with Gasteiger partial charge in [-0.15, -0.1) is 0 Å². The fourth-order valence-corrected chi connectivity index (χ4v) is 2.11. The molecule has 0 aliphatic heterocycles. The second-order valence-electron chi connectivity index (χ2n) is 5.50. The van der Waals surface area contributed by atoms with E-state index in [0.29, 0.717) is 0 Å². The second kappa shape index (κ2) is 6.58. The molecule has 0 saturated heterocycles. The molecule has 0 fully saturated rings. The van der Waals surface area contributed by atoms with E-state index in [2.05, 4.69) is 46.1 Å². The highest BCUT2D eigenvalue weighted by molar-refractivity contribution is 5.47. The van der Waals surface area contributed by atoms with Gasteiger partial charge in [-0.05, 0) is 70.1 Å². The lowest BCUT2D eigenvalue weighted by atomic mass is 9.90. The van der Waals surface area contributed by atoms with Gasteiger partial charge in [0.2, 0.25) is 0 Å². The maximum atomic E-state index is 4.09. The first kappa shape index (κ1) is 14.8. The van der Waals surface area contributed by atoms with Gasteiger partial charge < -0.3 is 0 Å². The monoisotopic (exact) mass is 242 g/mol. The molecule has 98 valence electrons. The molecule has 1 rings (SSSR count). The Hall–Kier alpha value is -1.30. The van der Waals surface area contributed by atoms with Crippen LogP contribution >= 0.6 is 0 Å². The SMILES string of the molecule is C=C(C)C(=C\C1=C(C)CCCC1)/C=C(\C)C(=C)C. The van der Waals surface area contributed by atoms with Crippen molar-refractivity contribution in [1.82, 2.24) is 0 Å². The molecule has 0 N–H and O–H groups in total. The Morgan fingerprint density at radius 3 is 2.11 bits per heavy atom. The summed E-state index contributed by atoms with van der Waals surface area (Å²) in [7, 11) is 0. The molecule has 0 aromatic heterocycles. The molecule has 1 aliphatic carbocycles. The van der Waals surface area contributed by atoms with Gasteiger partial charge in [0.05, 0.1) is 0 Å². The van der Waals surface area contributed by atoms with Gasteiger partial charge in [-0.2, -0.15) is 0 Å².